The van der Waals surface area contributed by atoms with Crippen LogP contribution in [0.5, 0.6) is 0 Å². The van der Waals surface area contributed by atoms with E-state index in [1.807, 2.05) is 38.1 Å². The summed E-state index contributed by atoms with van der Waals surface area (Å²) >= 11 is 1.50. The number of aliphatic imine (C=N–C) groups is 1. The molecule has 1 N–H and O–H groups in total. The molecule has 0 aliphatic carbocycles. The first-order valence-electron chi connectivity index (χ1n) is 7.66. The van der Waals surface area contributed by atoms with E-state index in [-0.39, 0.29) is 5.56 Å². The molecule has 0 saturated heterocycles. The molecule has 0 saturated carbocycles. The van der Waals surface area contributed by atoms with Gasteiger partial charge in [-0.05, 0) is 31.9 Å². The highest BCUT2D eigenvalue weighted by atomic mass is 32.1. The summed E-state index contributed by atoms with van der Waals surface area (Å²) in [7, 11) is 0. The second-order valence-corrected chi connectivity index (χ2v) is 7.05. The Morgan fingerprint density at radius 1 is 1.39 bits per heavy atom. The number of nitrogens with one attached hydrogen (secondary N) is 1. The van der Waals surface area contributed by atoms with Crippen LogP contribution < -0.4 is 5.56 Å². The fourth-order valence-electron chi connectivity index (χ4n) is 2.46. The molecule has 6 heteroatoms. The zero-order valence-corrected chi connectivity index (χ0v) is 14.6. The van der Waals surface area contributed by atoms with E-state index in [0.29, 0.717) is 16.6 Å². The number of rotatable bonds is 4. The monoisotopic (exact) mass is 328 g/mol. The predicted octanol–water partition coefficient (Wildman–Crippen LogP) is 3.55. The van der Waals surface area contributed by atoms with Crippen LogP contribution in [0.2, 0.25) is 0 Å². The van der Waals surface area contributed by atoms with Crippen LogP contribution in [0.1, 0.15) is 32.0 Å². The number of aromatic amines is 1. The van der Waals surface area contributed by atoms with Gasteiger partial charge in [0.15, 0.2) is 0 Å². The smallest absolute Gasteiger partial charge is 0.282 e. The summed E-state index contributed by atoms with van der Waals surface area (Å²) < 4.78 is 2.58. The molecule has 3 aromatic rings. The van der Waals surface area contributed by atoms with Gasteiger partial charge in [0.1, 0.15) is 0 Å². The van der Waals surface area contributed by atoms with Crippen LogP contribution in [0.3, 0.4) is 0 Å². The quantitative estimate of drug-likeness (QED) is 0.744. The standard InChI is InChI=1S/C17H20N4OS/c1-10(2)9-18-11(3)15-12(4)20-21(16(15)22)17-19-13-7-5-6-8-14(13)23-17/h5-8,10,20H,9H2,1-4H3. The van der Waals surface area contributed by atoms with Crippen LogP contribution in [-0.2, 0) is 0 Å². The lowest BCUT2D eigenvalue weighted by Crippen LogP contribution is -2.19. The van der Waals surface area contributed by atoms with Gasteiger partial charge in [-0.2, -0.15) is 4.68 Å². The number of aromatic nitrogens is 3. The van der Waals surface area contributed by atoms with Gasteiger partial charge in [0, 0.05) is 18.0 Å². The molecule has 0 radical (unpaired) electrons. The highest BCUT2D eigenvalue weighted by molar-refractivity contribution is 7.20. The van der Waals surface area contributed by atoms with Gasteiger partial charge in [-0.3, -0.25) is 14.9 Å². The first-order valence-corrected chi connectivity index (χ1v) is 8.48. The van der Waals surface area contributed by atoms with E-state index < -0.39 is 0 Å². The Morgan fingerprint density at radius 2 is 2.13 bits per heavy atom. The van der Waals surface area contributed by atoms with E-state index in [0.717, 1.165) is 28.2 Å². The van der Waals surface area contributed by atoms with E-state index in [1.54, 1.807) is 0 Å². The molecule has 0 amide bonds. The summed E-state index contributed by atoms with van der Waals surface area (Å²) in [6.07, 6.45) is 0. The Morgan fingerprint density at radius 3 is 2.83 bits per heavy atom. The van der Waals surface area contributed by atoms with Crippen LogP contribution in [0.4, 0.5) is 0 Å². The van der Waals surface area contributed by atoms with Gasteiger partial charge in [0.25, 0.3) is 5.56 Å². The normalized spacial score (nSPS) is 12.5. The predicted molar refractivity (Wildman–Crippen MR) is 96.2 cm³/mol. The number of para-hydroxylation sites is 1. The molecule has 2 heterocycles. The Balaban J connectivity index is 2.07. The van der Waals surface area contributed by atoms with E-state index in [2.05, 4.69) is 28.9 Å². The molecule has 0 aliphatic heterocycles. The summed E-state index contributed by atoms with van der Waals surface area (Å²) in [6, 6.07) is 7.88. The topological polar surface area (TPSA) is 63.0 Å². The lowest BCUT2D eigenvalue weighted by Gasteiger charge is -2.01. The third kappa shape index (κ3) is 2.99. The maximum absolute atomic E-state index is 12.8. The summed E-state index contributed by atoms with van der Waals surface area (Å²) in [4.78, 5) is 21.8. The van der Waals surface area contributed by atoms with E-state index in [4.69, 9.17) is 0 Å². The van der Waals surface area contributed by atoms with Crippen molar-refractivity contribution in [2.45, 2.75) is 27.7 Å². The summed E-state index contributed by atoms with van der Waals surface area (Å²) in [5.74, 6) is 0.468. The van der Waals surface area contributed by atoms with Crippen LogP contribution in [-0.4, -0.2) is 27.0 Å². The average molecular weight is 328 g/mol. The molecule has 2 aromatic heterocycles. The molecule has 3 rings (SSSR count). The van der Waals surface area contributed by atoms with Crippen molar-refractivity contribution in [2.24, 2.45) is 10.9 Å². The zero-order chi connectivity index (χ0) is 16.6. The Hall–Kier alpha value is -2.21. The molecule has 0 atom stereocenters. The third-order valence-electron chi connectivity index (χ3n) is 3.60. The fourth-order valence-corrected chi connectivity index (χ4v) is 3.39. The number of nitrogens with zero attached hydrogens (tertiary/aromatic N) is 3. The van der Waals surface area contributed by atoms with Crippen LogP contribution in [0.15, 0.2) is 34.1 Å². The summed E-state index contributed by atoms with van der Waals surface area (Å²) in [6.45, 7) is 8.73. The largest absolute Gasteiger partial charge is 0.293 e. The molecule has 0 fully saturated rings. The second kappa shape index (κ2) is 6.12. The van der Waals surface area contributed by atoms with Crippen molar-refractivity contribution in [3.8, 4) is 5.13 Å². The van der Waals surface area contributed by atoms with Crippen molar-refractivity contribution in [2.75, 3.05) is 6.54 Å². The van der Waals surface area contributed by atoms with Gasteiger partial charge in [-0.25, -0.2) is 4.98 Å². The summed E-state index contributed by atoms with van der Waals surface area (Å²) in [5, 5.41) is 3.78. The van der Waals surface area contributed by atoms with Crippen LogP contribution in [0, 0.1) is 12.8 Å². The van der Waals surface area contributed by atoms with E-state index in [9.17, 15) is 4.79 Å². The number of hydrogen-bond donors (Lipinski definition) is 1. The number of H-pyrrole nitrogens is 1. The number of aryl methyl sites for hydroxylation is 1. The minimum atomic E-state index is -0.0911. The van der Waals surface area contributed by atoms with Gasteiger partial charge in [0.2, 0.25) is 5.13 Å². The van der Waals surface area contributed by atoms with Crippen LogP contribution >= 0.6 is 11.3 Å². The molecular weight excluding hydrogens is 308 g/mol. The van der Waals surface area contributed by atoms with Crippen molar-refractivity contribution in [3.63, 3.8) is 0 Å². The van der Waals surface area contributed by atoms with Crippen LogP contribution in [0.25, 0.3) is 15.3 Å². The zero-order valence-electron chi connectivity index (χ0n) is 13.8. The van der Waals surface area contributed by atoms with Gasteiger partial charge in [-0.15, -0.1) is 0 Å². The minimum absolute atomic E-state index is 0.0911. The SMILES string of the molecule is CC(=NCC(C)C)c1c(C)[nH]n(-c2nc3ccccc3s2)c1=O. The first kappa shape index (κ1) is 15.7. The van der Waals surface area contributed by atoms with Gasteiger partial charge in [0.05, 0.1) is 15.8 Å². The molecule has 23 heavy (non-hydrogen) atoms. The molecule has 120 valence electrons. The maximum Gasteiger partial charge on any atom is 0.282 e. The second-order valence-electron chi connectivity index (χ2n) is 6.04. The molecule has 0 aliphatic rings. The molecule has 1 aromatic carbocycles. The van der Waals surface area contributed by atoms with Crippen molar-refractivity contribution in [3.05, 3.63) is 45.9 Å². The Kier molecular flexibility index (Phi) is 4.17. The lowest BCUT2D eigenvalue weighted by atomic mass is 10.1. The first-order chi connectivity index (χ1) is 11.0. The fraction of sp³-hybridized carbons (Fsp3) is 0.353. The van der Waals surface area contributed by atoms with Gasteiger partial charge < -0.3 is 0 Å². The molecule has 0 bridgehead atoms. The van der Waals surface area contributed by atoms with Gasteiger partial charge >= 0.3 is 0 Å². The molecule has 0 spiro atoms. The Labute approximate surface area is 138 Å². The number of hydrogen-bond acceptors (Lipinski definition) is 4. The van der Waals surface area contributed by atoms with Crippen molar-refractivity contribution < 1.29 is 0 Å². The summed E-state index contributed by atoms with van der Waals surface area (Å²) in [5.41, 5.74) is 3.05. The third-order valence-corrected chi connectivity index (χ3v) is 4.62. The van der Waals surface area contributed by atoms with Gasteiger partial charge in [-0.1, -0.05) is 37.3 Å². The lowest BCUT2D eigenvalue weighted by molar-refractivity contribution is 0.665. The molecular formula is C17H20N4OS. The Bertz CT molecular complexity index is 897. The molecule has 0 unspecified atom stereocenters. The van der Waals surface area contributed by atoms with E-state index in [1.165, 1.54) is 16.0 Å². The van der Waals surface area contributed by atoms with Crippen molar-refractivity contribution in [1.29, 1.82) is 0 Å². The van der Waals surface area contributed by atoms with E-state index >= 15 is 0 Å². The van der Waals surface area contributed by atoms with Crippen molar-refractivity contribution in [1.82, 2.24) is 14.8 Å². The minimum Gasteiger partial charge on any atom is -0.293 e. The highest BCUT2D eigenvalue weighted by Crippen LogP contribution is 2.23. The number of benzene rings is 1. The number of thiazole rings is 1. The number of fused-ring (bicyclic) bond motifs is 1. The average Bonchev–Trinajstić information content (AvgIpc) is 3.05. The highest BCUT2D eigenvalue weighted by Gasteiger charge is 2.17. The maximum atomic E-state index is 12.8. The van der Waals surface area contributed by atoms with Crippen molar-refractivity contribution >= 4 is 27.3 Å². The molecule has 5 nitrogen and oxygen atoms in total.